The van der Waals surface area contributed by atoms with Crippen molar-refractivity contribution in [3.63, 3.8) is 0 Å². The number of alkyl carbamates (subject to hydrolysis) is 1. The van der Waals surface area contributed by atoms with Crippen molar-refractivity contribution in [1.29, 1.82) is 0 Å². The van der Waals surface area contributed by atoms with Crippen molar-refractivity contribution in [2.45, 2.75) is 121 Å². The van der Waals surface area contributed by atoms with Crippen LogP contribution in [0.4, 0.5) is 4.79 Å². The third-order valence-corrected chi connectivity index (χ3v) is 10.7. The first-order valence-electron chi connectivity index (χ1n) is 20.3. The monoisotopic (exact) mass is 771 g/mol. The lowest BCUT2D eigenvalue weighted by molar-refractivity contribution is -0.136. The predicted molar refractivity (Wildman–Crippen MR) is 214 cm³/mol. The minimum absolute atomic E-state index is 0.0861. The number of likely N-dealkylation sites (tertiary alicyclic amines) is 1. The molecule has 1 aliphatic heterocycles. The van der Waals surface area contributed by atoms with E-state index in [4.69, 9.17) is 4.74 Å². The molecule has 5 rings (SSSR count). The van der Waals surface area contributed by atoms with Gasteiger partial charge >= 0.3 is 6.09 Å². The Labute approximate surface area is 331 Å². The van der Waals surface area contributed by atoms with Crippen LogP contribution in [0.2, 0.25) is 0 Å². The smallest absolute Gasteiger partial charge is 0.408 e. The Morgan fingerprint density at radius 2 is 1.55 bits per heavy atom. The van der Waals surface area contributed by atoms with Gasteiger partial charge in [-0.1, -0.05) is 92.8 Å². The molecule has 56 heavy (non-hydrogen) atoms. The first-order chi connectivity index (χ1) is 26.9. The Morgan fingerprint density at radius 3 is 2.21 bits per heavy atom. The summed E-state index contributed by atoms with van der Waals surface area (Å²) in [7, 11) is 0. The second kappa shape index (κ2) is 21.0. The van der Waals surface area contributed by atoms with Crippen LogP contribution >= 0.6 is 0 Å². The standard InChI is InChI=1S/C43H61N7O6/c1-43(2,3)56-42(55)49-36(25-31-16-9-5-10-17-31)39(52)48-37(26-33-28-45-29-46-33)40(53)47-35(24-30-14-7-4-8-15-30)38(51)34-20-23-50(41(34)54)22-13-21-44-27-32-18-11-6-12-19-32/h5-6,9-12,16-19,28-30,34-38,44,51H,4,7-8,13-15,20-27H2,1-3H3,(H,45,46)(H,47,53)(H,48,52)(H,49,55)/t34-,35-,36-,37-,38-/m0/s1. The number of hydrogen-bond donors (Lipinski definition) is 6. The number of imidazole rings is 1. The van der Waals surface area contributed by atoms with Crippen molar-refractivity contribution in [1.82, 2.24) is 36.1 Å². The fourth-order valence-corrected chi connectivity index (χ4v) is 7.76. The third kappa shape index (κ3) is 13.5. The van der Waals surface area contributed by atoms with Crippen molar-refractivity contribution in [2.24, 2.45) is 11.8 Å². The van der Waals surface area contributed by atoms with Crippen molar-refractivity contribution < 1.29 is 29.0 Å². The second-order valence-electron chi connectivity index (χ2n) is 16.3. The van der Waals surface area contributed by atoms with Gasteiger partial charge in [-0.05, 0) is 63.6 Å². The highest BCUT2D eigenvalue weighted by Crippen LogP contribution is 2.31. The number of aliphatic hydroxyl groups is 1. The maximum atomic E-state index is 14.3. The zero-order valence-corrected chi connectivity index (χ0v) is 33.2. The largest absolute Gasteiger partial charge is 0.444 e. The van der Waals surface area contributed by atoms with Gasteiger partial charge in [-0.15, -0.1) is 0 Å². The SMILES string of the molecule is CC(C)(C)OC(=O)N[C@@H](Cc1ccccc1)C(=O)N[C@@H](Cc1cnc[nH]1)C(=O)N[C@@H](CC1CCCCC1)[C@@H](O)[C@@H]1CCN(CCCNCc2ccccc2)C1=O. The van der Waals surface area contributed by atoms with E-state index in [1.807, 2.05) is 53.4 Å². The minimum Gasteiger partial charge on any atom is -0.444 e. The van der Waals surface area contributed by atoms with Gasteiger partial charge in [0, 0.05) is 44.4 Å². The summed E-state index contributed by atoms with van der Waals surface area (Å²) < 4.78 is 5.47. The number of nitrogens with one attached hydrogen (secondary N) is 5. The molecule has 4 amide bonds. The molecule has 2 fully saturated rings. The fourth-order valence-electron chi connectivity index (χ4n) is 7.76. The highest BCUT2D eigenvalue weighted by Gasteiger charge is 2.42. The average Bonchev–Trinajstić information content (AvgIpc) is 3.83. The molecule has 6 N–H and O–H groups in total. The molecule has 0 bridgehead atoms. The summed E-state index contributed by atoms with van der Waals surface area (Å²) in [4.78, 5) is 63.9. The molecule has 3 aromatic rings. The van der Waals surface area contributed by atoms with Crippen molar-refractivity contribution >= 4 is 23.8 Å². The summed E-state index contributed by atoms with van der Waals surface area (Å²) in [5.74, 6) is -1.50. The molecule has 5 atom stereocenters. The van der Waals surface area contributed by atoms with Gasteiger partial charge in [0.05, 0.1) is 24.4 Å². The summed E-state index contributed by atoms with van der Waals surface area (Å²) in [5, 5.41) is 24.1. The van der Waals surface area contributed by atoms with Crippen LogP contribution in [0, 0.1) is 11.8 Å². The third-order valence-electron chi connectivity index (χ3n) is 10.7. The minimum atomic E-state index is -1.10. The van der Waals surface area contributed by atoms with E-state index in [0.717, 1.165) is 57.2 Å². The molecule has 2 aliphatic rings. The predicted octanol–water partition coefficient (Wildman–Crippen LogP) is 4.42. The average molecular weight is 772 g/mol. The van der Waals surface area contributed by atoms with E-state index >= 15 is 0 Å². The number of rotatable bonds is 19. The van der Waals surface area contributed by atoms with Gasteiger partial charge in [-0.25, -0.2) is 9.78 Å². The van der Waals surface area contributed by atoms with Gasteiger partial charge in [-0.3, -0.25) is 14.4 Å². The molecule has 0 radical (unpaired) electrons. The van der Waals surface area contributed by atoms with Crippen molar-refractivity contribution in [3.05, 3.63) is 90.0 Å². The number of amides is 4. The van der Waals surface area contributed by atoms with Gasteiger partial charge in [0.25, 0.3) is 0 Å². The van der Waals surface area contributed by atoms with Gasteiger partial charge in [0.1, 0.15) is 17.7 Å². The number of aromatic nitrogens is 2. The van der Waals surface area contributed by atoms with Crippen LogP contribution in [-0.2, 0) is 38.5 Å². The van der Waals surface area contributed by atoms with Gasteiger partial charge < -0.3 is 41.0 Å². The van der Waals surface area contributed by atoms with Crippen LogP contribution in [0.15, 0.2) is 73.2 Å². The Morgan fingerprint density at radius 1 is 0.893 bits per heavy atom. The van der Waals surface area contributed by atoms with E-state index < -0.39 is 53.7 Å². The van der Waals surface area contributed by atoms with E-state index in [1.54, 1.807) is 27.0 Å². The highest BCUT2D eigenvalue weighted by atomic mass is 16.6. The van der Waals surface area contributed by atoms with Gasteiger partial charge in [0.15, 0.2) is 0 Å². The van der Waals surface area contributed by atoms with Crippen LogP contribution in [0.5, 0.6) is 0 Å². The first kappa shape index (κ1) is 42.4. The van der Waals surface area contributed by atoms with E-state index in [9.17, 15) is 24.3 Å². The molecule has 13 heteroatoms. The summed E-state index contributed by atoms with van der Waals surface area (Å²) in [6.07, 6.45) is 8.61. The van der Waals surface area contributed by atoms with E-state index in [-0.39, 0.29) is 18.7 Å². The summed E-state index contributed by atoms with van der Waals surface area (Å²) in [5.41, 5.74) is 1.85. The number of carbonyl (C=O) groups excluding carboxylic acids is 4. The number of H-pyrrole nitrogens is 1. The van der Waals surface area contributed by atoms with Crippen LogP contribution in [0.1, 0.15) is 89.0 Å². The van der Waals surface area contributed by atoms with Crippen molar-refractivity contribution in [2.75, 3.05) is 19.6 Å². The molecule has 1 aliphatic carbocycles. The molecule has 304 valence electrons. The maximum Gasteiger partial charge on any atom is 0.408 e. The zero-order valence-electron chi connectivity index (χ0n) is 33.2. The number of aromatic amines is 1. The zero-order chi connectivity index (χ0) is 39.9. The molecule has 0 unspecified atom stereocenters. The highest BCUT2D eigenvalue weighted by molar-refractivity contribution is 5.92. The lowest BCUT2D eigenvalue weighted by atomic mass is 9.81. The van der Waals surface area contributed by atoms with E-state index in [1.165, 1.54) is 11.9 Å². The Hall–Kier alpha value is -4.75. The molecule has 1 saturated carbocycles. The number of hydrogen-bond acceptors (Lipinski definition) is 8. The van der Waals surface area contributed by atoms with Crippen LogP contribution in [-0.4, -0.2) is 93.3 Å². The lowest BCUT2D eigenvalue weighted by Crippen LogP contribution is -2.58. The summed E-state index contributed by atoms with van der Waals surface area (Å²) >= 11 is 0. The van der Waals surface area contributed by atoms with Crippen molar-refractivity contribution in [3.8, 4) is 0 Å². The quantitative estimate of drug-likeness (QED) is 0.0971. The number of carbonyl (C=O) groups is 4. The Bertz CT molecular complexity index is 1660. The molecule has 13 nitrogen and oxygen atoms in total. The molecule has 0 spiro atoms. The van der Waals surface area contributed by atoms with Gasteiger partial charge in [-0.2, -0.15) is 0 Å². The molecule has 2 heterocycles. The Balaban J connectivity index is 1.27. The lowest BCUT2D eigenvalue weighted by Gasteiger charge is -2.33. The van der Waals surface area contributed by atoms with E-state index in [0.29, 0.717) is 37.5 Å². The number of benzene rings is 2. The number of nitrogens with zero attached hydrogens (tertiary/aromatic N) is 2. The molecule has 1 aromatic heterocycles. The van der Waals surface area contributed by atoms with Gasteiger partial charge in [0.2, 0.25) is 17.7 Å². The maximum absolute atomic E-state index is 14.3. The Kier molecular flexibility index (Phi) is 15.9. The normalized spacial score (nSPS) is 18.5. The molecule has 2 aromatic carbocycles. The number of aliphatic hydroxyl groups excluding tert-OH is 1. The van der Waals surface area contributed by atoms with Crippen LogP contribution in [0.3, 0.4) is 0 Å². The fraction of sp³-hybridized carbons (Fsp3) is 0.558. The second-order valence-corrected chi connectivity index (χ2v) is 16.3. The van der Waals surface area contributed by atoms with Crippen LogP contribution in [0.25, 0.3) is 0 Å². The molecular weight excluding hydrogens is 711 g/mol. The van der Waals surface area contributed by atoms with Crippen LogP contribution < -0.4 is 21.3 Å². The van der Waals surface area contributed by atoms with E-state index in [2.05, 4.69) is 43.4 Å². The topological polar surface area (TPSA) is 178 Å². The molecule has 1 saturated heterocycles. The number of ether oxygens (including phenoxy) is 1. The first-order valence-corrected chi connectivity index (χ1v) is 20.3. The summed E-state index contributed by atoms with van der Waals surface area (Å²) in [6.45, 7) is 7.88. The molecular formula is C43H61N7O6. The summed E-state index contributed by atoms with van der Waals surface area (Å²) in [6, 6.07) is 16.6.